The molecule has 25 heavy (non-hydrogen) atoms. The van der Waals surface area contributed by atoms with Crippen LogP contribution in [0, 0.1) is 25.2 Å². The van der Waals surface area contributed by atoms with E-state index in [0.29, 0.717) is 22.4 Å². The molecule has 0 spiro atoms. The maximum atomic E-state index is 12.6. The number of aromatic amines is 1. The van der Waals surface area contributed by atoms with Gasteiger partial charge >= 0.3 is 0 Å². The van der Waals surface area contributed by atoms with Crippen LogP contribution in [0.1, 0.15) is 27.2 Å². The summed E-state index contributed by atoms with van der Waals surface area (Å²) in [7, 11) is 0. The summed E-state index contributed by atoms with van der Waals surface area (Å²) in [6.45, 7) is 3.50. The number of pyridine rings is 1. The van der Waals surface area contributed by atoms with E-state index in [1.54, 1.807) is 19.9 Å². The van der Waals surface area contributed by atoms with Crippen LogP contribution in [-0.4, -0.2) is 27.3 Å². The molecule has 0 saturated heterocycles. The number of hydrogen-bond donors (Lipinski definition) is 2. The Hall–Kier alpha value is -2.56. The number of benzene rings is 1. The Balaban J connectivity index is 1.97. The van der Waals surface area contributed by atoms with Crippen LogP contribution in [0.5, 0.6) is 0 Å². The number of thioether (sulfide) groups is 1. The lowest BCUT2D eigenvalue weighted by atomic mass is 10.0. The fourth-order valence-corrected chi connectivity index (χ4v) is 3.32. The lowest BCUT2D eigenvalue weighted by molar-refractivity contribution is 0.102. The quantitative estimate of drug-likeness (QED) is 0.534. The van der Waals surface area contributed by atoms with Crippen LogP contribution in [0.25, 0.3) is 10.9 Å². The van der Waals surface area contributed by atoms with E-state index >= 15 is 0 Å². The Kier molecular flexibility index (Phi) is 4.66. The van der Waals surface area contributed by atoms with Gasteiger partial charge in [-0.1, -0.05) is 11.6 Å². The Morgan fingerprint density at radius 2 is 2.12 bits per heavy atom. The molecule has 1 amide bonds. The number of rotatable bonds is 3. The minimum absolute atomic E-state index is 0.0331. The number of fused-ring (bicyclic) bond motifs is 1. The van der Waals surface area contributed by atoms with Crippen LogP contribution in [0.15, 0.2) is 23.2 Å². The second kappa shape index (κ2) is 6.75. The zero-order valence-corrected chi connectivity index (χ0v) is 15.3. The van der Waals surface area contributed by atoms with Crippen molar-refractivity contribution in [3.05, 3.63) is 45.7 Å². The summed E-state index contributed by atoms with van der Waals surface area (Å²) >= 11 is 7.55. The first-order chi connectivity index (χ1) is 12.0. The van der Waals surface area contributed by atoms with Gasteiger partial charge in [0.05, 0.1) is 11.1 Å². The molecule has 3 rings (SSSR count). The van der Waals surface area contributed by atoms with E-state index in [2.05, 4.69) is 20.5 Å². The SMILES string of the molecule is CSc1n[nH]c2ccc(NC(=O)c3nc(Cl)c(C#N)c(C)c3C)cc12. The summed E-state index contributed by atoms with van der Waals surface area (Å²) in [5.74, 6) is -0.375. The van der Waals surface area contributed by atoms with Crippen molar-refractivity contribution in [2.75, 3.05) is 11.6 Å². The van der Waals surface area contributed by atoms with Crippen molar-refractivity contribution < 1.29 is 4.79 Å². The molecule has 2 aromatic heterocycles. The smallest absolute Gasteiger partial charge is 0.274 e. The number of nitriles is 1. The molecule has 0 saturated carbocycles. The first-order valence-corrected chi connectivity index (χ1v) is 8.96. The van der Waals surface area contributed by atoms with Crippen molar-refractivity contribution in [3.8, 4) is 6.07 Å². The van der Waals surface area contributed by atoms with Crippen LogP contribution in [0.3, 0.4) is 0 Å². The third-order valence-electron chi connectivity index (χ3n) is 4.01. The molecular weight excluding hydrogens is 358 g/mol. The Morgan fingerprint density at radius 3 is 2.80 bits per heavy atom. The third kappa shape index (κ3) is 3.06. The van der Waals surface area contributed by atoms with Gasteiger partial charge < -0.3 is 5.32 Å². The van der Waals surface area contributed by atoms with Gasteiger partial charge in [0, 0.05) is 11.1 Å². The molecule has 1 aromatic carbocycles. The first kappa shape index (κ1) is 17.3. The Morgan fingerprint density at radius 1 is 1.36 bits per heavy atom. The van der Waals surface area contributed by atoms with Crippen LogP contribution < -0.4 is 5.32 Å². The van der Waals surface area contributed by atoms with Gasteiger partial charge in [-0.2, -0.15) is 10.4 Å². The molecule has 0 unspecified atom stereocenters. The number of nitrogens with zero attached hydrogens (tertiary/aromatic N) is 3. The van der Waals surface area contributed by atoms with Crippen LogP contribution in [-0.2, 0) is 0 Å². The number of hydrogen-bond acceptors (Lipinski definition) is 5. The molecule has 0 aliphatic carbocycles. The lowest BCUT2D eigenvalue weighted by Crippen LogP contribution is -2.17. The highest BCUT2D eigenvalue weighted by Gasteiger charge is 2.18. The molecule has 0 aliphatic rings. The van der Waals surface area contributed by atoms with Crippen molar-refractivity contribution in [1.82, 2.24) is 15.2 Å². The number of carbonyl (C=O) groups is 1. The number of aromatic nitrogens is 3. The van der Waals surface area contributed by atoms with E-state index in [9.17, 15) is 4.79 Å². The van der Waals surface area contributed by atoms with E-state index in [-0.39, 0.29) is 16.8 Å². The van der Waals surface area contributed by atoms with Gasteiger partial charge in [0.15, 0.2) is 0 Å². The van der Waals surface area contributed by atoms with Gasteiger partial charge in [0.1, 0.15) is 21.9 Å². The van der Waals surface area contributed by atoms with Gasteiger partial charge in [-0.25, -0.2) is 4.98 Å². The molecule has 126 valence electrons. The van der Waals surface area contributed by atoms with E-state index in [1.165, 1.54) is 11.8 Å². The molecule has 6 nitrogen and oxygen atoms in total. The standard InChI is InChI=1S/C17H14ClN5OS/c1-8-9(2)14(21-15(18)12(8)7-19)16(24)20-10-4-5-13-11(6-10)17(25-3)23-22-13/h4-6H,1-3H3,(H,20,24)(H,22,23). The zero-order valence-electron chi connectivity index (χ0n) is 13.8. The van der Waals surface area contributed by atoms with Gasteiger partial charge in [0.2, 0.25) is 0 Å². The topological polar surface area (TPSA) is 94.5 Å². The van der Waals surface area contributed by atoms with Crippen molar-refractivity contribution >= 4 is 45.9 Å². The summed E-state index contributed by atoms with van der Waals surface area (Å²) in [5, 5.41) is 20.9. The number of anilines is 1. The monoisotopic (exact) mass is 371 g/mol. The summed E-state index contributed by atoms with van der Waals surface area (Å²) in [4.78, 5) is 16.7. The van der Waals surface area contributed by atoms with Gasteiger partial charge in [-0.15, -0.1) is 11.8 Å². The maximum Gasteiger partial charge on any atom is 0.274 e. The molecule has 0 radical (unpaired) electrons. The fraction of sp³-hybridized carbons (Fsp3) is 0.176. The molecule has 2 N–H and O–H groups in total. The first-order valence-electron chi connectivity index (χ1n) is 7.36. The highest BCUT2D eigenvalue weighted by molar-refractivity contribution is 7.98. The Bertz CT molecular complexity index is 1040. The van der Waals surface area contributed by atoms with Crippen LogP contribution in [0.4, 0.5) is 5.69 Å². The number of halogens is 1. The number of H-pyrrole nitrogens is 1. The Labute approximate surface area is 153 Å². The maximum absolute atomic E-state index is 12.6. The second-order valence-electron chi connectivity index (χ2n) is 5.44. The number of nitrogens with one attached hydrogen (secondary N) is 2. The molecule has 2 heterocycles. The highest BCUT2D eigenvalue weighted by Crippen LogP contribution is 2.27. The average molecular weight is 372 g/mol. The fourth-order valence-electron chi connectivity index (χ4n) is 2.52. The molecule has 0 bridgehead atoms. The predicted molar refractivity (Wildman–Crippen MR) is 99.3 cm³/mol. The summed E-state index contributed by atoms with van der Waals surface area (Å²) in [6, 6.07) is 7.51. The van der Waals surface area contributed by atoms with Crippen LogP contribution >= 0.6 is 23.4 Å². The highest BCUT2D eigenvalue weighted by atomic mass is 35.5. The van der Waals surface area contributed by atoms with Crippen molar-refractivity contribution in [2.24, 2.45) is 0 Å². The summed E-state index contributed by atoms with van der Waals surface area (Å²) in [6.07, 6.45) is 1.94. The third-order valence-corrected chi connectivity index (χ3v) is 4.99. The average Bonchev–Trinajstić information content (AvgIpc) is 3.00. The van der Waals surface area contributed by atoms with Crippen molar-refractivity contribution in [1.29, 1.82) is 5.26 Å². The van der Waals surface area contributed by atoms with E-state index < -0.39 is 0 Å². The predicted octanol–water partition coefficient (Wildman–Crippen LogP) is 4.07. The van der Waals surface area contributed by atoms with Gasteiger partial charge in [-0.05, 0) is 49.4 Å². The molecular formula is C17H14ClN5OS. The van der Waals surface area contributed by atoms with Gasteiger partial charge in [0.25, 0.3) is 5.91 Å². The molecule has 8 heteroatoms. The normalized spacial score (nSPS) is 10.7. The summed E-state index contributed by atoms with van der Waals surface area (Å²) < 4.78 is 0. The largest absolute Gasteiger partial charge is 0.321 e. The molecule has 0 atom stereocenters. The van der Waals surface area contributed by atoms with E-state index in [4.69, 9.17) is 16.9 Å². The minimum atomic E-state index is -0.375. The molecule has 3 aromatic rings. The van der Waals surface area contributed by atoms with E-state index in [1.807, 2.05) is 24.5 Å². The number of amides is 1. The molecule has 0 fully saturated rings. The molecule has 0 aliphatic heterocycles. The number of carbonyl (C=O) groups excluding carboxylic acids is 1. The van der Waals surface area contributed by atoms with Gasteiger partial charge in [-0.3, -0.25) is 9.89 Å². The van der Waals surface area contributed by atoms with Crippen molar-refractivity contribution in [3.63, 3.8) is 0 Å². The zero-order chi connectivity index (χ0) is 18.1. The van der Waals surface area contributed by atoms with Crippen molar-refractivity contribution in [2.45, 2.75) is 18.9 Å². The minimum Gasteiger partial charge on any atom is -0.321 e. The summed E-state index contributed by atoms with van der Waals surface area (Å²) in [5.41, 5.74) is 3.32. The second-order valence-corrected chi connectivity index (χ2v) is 6.59. The van der Waals surface area contributed by atoms with Crippen LogP contribution in [0.2, 0.25) is 5.15 Å². The van der Waals surface area contributed by atoms with E-state index in [0.717, 1.165) is 15.9 Å². The lowest BCUT2D eigenvalue weighted by Gasteiger charge is -2.11.